The van der Waals surface area contributed by atoms with Crippen molar-refractivity contribution in [3.8, 4) is 0 Å². The summed E-state index contributed by atoms with van der Waals surface area (Å²) in [5.74, 6) is 2.03. The van der Waals surface area contributed by atoms with Gasteiger partial charge in [0, 0.05) is 38.3 Å². The Morgan fingerprint density at radius 1 is 1.42 bits per heavy atom. The molecule has 0 radical (unpaired) electrons. The molecule has 2 heterocycles. The van der Waals surface area contributed by atoms with Crippen molar-refractivity contribution < 1.29 is 0 Å². The third-order valence-electron chi connectivity index (χ3n) is 3.93. The molecule has 5 heteroatoms. The molecule has 1 unspecified atom stereocenters. The van der Waals surface area contributed by atoms with Crippen molar-refractivity contribution in [1.29, 1.82) is 0 Å². The predicted octanol–water partition coefficient (Wildman–Crippen LogP) is 1.51. The lowest BCUT2D eigenvalue weighted by Crippen LogP contribution is -2.44. The van der Waals surface area contributed by atoms with E-state index in [9.17, 15) is 0 Å². The van der Waals surface area contributed by atoms with Crippen LogP contribution in [0.15, 0.2) is 12.4 Å². The molecular formula is C14H25N5. The van der Waals surface area contributed by atoms with Crippen LogP contribution >= 0.6 is 0 Å². The topological polar surface area (TPSA) is 44.3 Å². The highest BCUT2D eigenvalue weighted by Gasteiger charge is 2.20. The Kier molecular flexibility index (Phi) is 4.58. The second-order valence-electron chi connectivity index (χ2n) is 5.51. The van der Waals surface area contributed by atoms with Crippen LogP contribution in [0.5, 0.6) is 0 Å². The van der Waals surface area contributed by atoms with E-state index in [4.69, 9.17) is 0 Å². The average molecular weight is 263 g/mol. The van der Waals surface area contributed by atoms with E-state index in [1.54, 1.807) is 6.33 Å². The lowest BCUT2D eigenvalue weighted by molar-refractivity contribution is 0.447. The lowest BCUT2D eigenvalue weighted by Gasteiger charge is -2.34. The first-order valence-corrected chi connectivity index (χ1v) is 7.09. The van der Waals surface area contributed by atoms with Crippen LogP contribution in [0, 0.1) is 0 Å². The largest absolute Gasteiger partial charge is 0.357 e. The Hall–Kier alpha value is -1.36. The molecule has 1 aliphatic heterocycles. The van der Waals surface area contributed by atoms with E-state index in [2.05, 4.69) is 52.0 Å². The van der Waals surface area contributed by atoms with Gasteiger partial charge >= 0.3 is 0 Å². The second-order valence-corrected chi connectivity index (χ2v) is 5.51. The van der Waals surface area contributed by atoms with Crippen molar-refractivity contribution in [1.82, 2.24) is 15.3 Å². The summed E-state index contributed by atoms with van der Waals surface area (Å²) in [6.45, 7) is 6.44. The molecule has 1 aromatic heterocycles. The molecule has 2 rings (SSSR count). The van der Waals surface area contributed by atoms with Gasteiger partial charge in [0.15, 0.2) is 0 Å². The zero-order chi connectivity index (χ0) is 13.8. The molecule has 0 saturated carbocycles. The summed E-state index contributed by atoms with van der Waals surface area (Å²) in [6, 6.07) is 3.10. The van der Waals surface area contributed by atoms with Crippen LogP contribution in [0.1, 0.15) is 26.7 Å². The Morgan fingerprint density at radius 2 is 2.21 bits per heavy atom. The van der Waals surface area contributed by atoms with E-state index in [1.807, 2.05) is 7.05 Å². The first-order valence-electron chi connectivity index (χ1n) is 7.09. The van der Waals surface area contributed by atoms with E-state index < -0.39 is 0 Å². The number of rotatable bonds is 4. The zero-order valence-corrected chi connectivity index (χ0v) is 12.4. The van der Waals surface area contributed by atoms with Gasteiger partial charge in [-0.25, -0.2) is 9.97 Å². The van der Waals surface area contributed by atoms with Crippen LogP contribution in [-0.2, 0) is 0 Å². The van der Waals surface area contributed by atoms with Gasteiger partial charge in [-0.2, -0.15) is 0 Å². The molecule has 0 aliphatic carbocycles. The number of piperidine rings is 1. The van der Waals surface area contributed by atoms with Crippen LogP contribution in [-0.4, -0.2) is 49.2 Å². The number of aromatic nitrogens is 2. The molecule has 1 aromatic rings. The maximum absolute atomic E-state index is 4.43. The van der Waals surface area contributed by atoms with Crippen molar-refractivity contribution in [2.24, 2.45) is 0 Å². The number of likely N-dealkylation sites (N-methyl/N-ethyl adjacent to an activating group) is 1. The van der Waals surface area contributed by atoms with Gasteiger partial charge in [0.1, 0.15) is 18.0 Å². The Morgan fingerprint density at radius 3 is 2.89 bits per heavy atom. The molecule has 1 fully saturated rings. The van der Waals surface area contributed by atoms with E-state index in [1.165, 1.54) is 12.8 Å². The maximum atomic E-state index is 4.43. The summed E-state index contributed by atoms with van der Waals surface area (Å²) in [6.07, 6.45) is 4.13. The van der Waals surface area contributed by atoms with Crippen LogP contribution in [0.4, 0.5) is 11.6 Å². The minimum atomic E-state index is 0.439. The molecule has 1 atom stereocenters. The third kappa shape index (κ3) is 3.35. The van der Waals surface area contributed by atoms with E-state index >= 15 is 0 Å². The van der Waals surface area contributed by atoms with Gasteiger partial charge in [-0.3, -0.25) is 0 Å². The number of hydrogen-bond donors (Lipinski definition) is 1. The second kappa shape index (κ2) is 6.19. The predicted molar refractivity (Wildman–Crippen MR) is 79.9 cm³/mol. The first-order chi connectivity index (χ1) is 9.11. The summed E-state index contributed by atoms with van der Waals surface area (Å²) in [5, 5.41) is 3.36. The van der Waals surface area contributed by atoms with Crippen molar-refractivity contribution in [3.05, 3.63) is 12.4 Å². The van der Waals surface area contributed by atoms with Crippen molar-refractivity contribution in [3.63, 3.8) is 0 Å². The standard InChI is InChI=1S/C14H25N5/c1-11(2)18(4)13-8-14(17-10-16-13)19-7-5-6-12(9-19)15-3/h8,10-12,15H,5-7,9H2,1-4H3. The minimum Gasteiger partial charge on any atom is -0.357 e. The molecule has 0 aromatic carbocycles. The highest BCUT2D eigenvalue weighted by molar-refractivity contribution is 5.50. The monoisotopic (exact) mass is 263 g/mol. The molecule has 5 nitrogen and oxygen atoms in total. The fourth-order valence-corrected chi connectivity index (χ4v) is 2.39. The summed E-state index contributed by atoms with van der Waals surface area (Å²) >= 11 is 0. The van der Waals surface area contributed by atoms with Crippen LogP contribution in [0.3, 0.4) is 0 Å². The maximum Gasteiger partial charge on any atom is 0.134 e. The molecule has 1 saturated heterocycles. The van der Waals surface area contributed by atoms with Crippen LogP contribution in [0.25, 0.3) is 0 Å². The minimum absolute atomic E-state index is 0.439. The number of hydrogen-bond acceptors (Lipinski definition) is 5. The summed E-state index contributed by atoms with van der Waals surface area (Å²) in [7, 11) is 4.11. The van der Waals surface area contributed by atoms with Gasteiger partial charge in [0.25, 0.3) is 0 Å². The van der Waals surface area contributed by atoms with Crippen LogP contribution in [0.2, 0.25) is 0 Å². The van der Waals surface area contributed by atoms with Gasteiger partial charge in [0.2, 0.25) is 0 Å². The quantitative estimate of drug-likeness (QED) is 0.892. The Labute approximate surface area is 116 Å². The Bertz CT molecular complexity index is 407. The summed E-state index contributed by atoms with van der Waals surface area (Å²) in [4.78, 5) is 13.3. The normalized spacial score (nSPS) is 19.8. The van der Waals surface area contributed by atoms with E-state index in [0.29, 0.717) is 12.1 Å². The molecule has 0 bridgehead atoms. The van der Waals surface area contributed by atoms with E-state index in [-0.39, 0.29) is 0 Å². The first kappa shape index (κ1) is 14.1. The highest BCUT2D eigenvalue weighted by atomic mass is 15.2. The summed E-state index contributed by atoms with van der Waals surface area (Å²) < 4.78 is 0. The molecule has 0 amide bonds. The average Bonchev–Trinajstić information content (AvgIpc) is 2.46. The molecule has 19 heavy (non-hydrogen) atoms. The fraction of sp³-hybridized carbons (Fsp3) is 0.714. The van der Waals surface area contributed by atoms with Gasteiger partial charge in [-0.15, -0.1) is 0 Å². The molecule has 0 spiro atoms. The van der Waals surface area contributed by atoms with Crippen molar-refractivity contribution in [2.75, 3.05) is 37.0 Å². The third-order valence-corrected chi connectivity index (χ3v) is 3.93. The number of nitrogens with one attached hydrogen (secondary N) is 1. The van der Waals surface area contributed by atoms with Gasteiger partial charge in [-0.1, -0.05) is 0 Å². The molecule has 106 valence electrons. The van der Waals surface area contributed by atoms with Crippen molar-refractivity contribution >= 4 is 11.6 Å². The SMILES string of the molecule is CNC1CCCN(c2cc(N(C)C(C)C)ncn2)C1. The smallest absolute Gasteiger partial charge is 0.134 e. The number of nitrogens with zero attached hydrogens (tertiary/aromatic N) is 4. The van der Waals surface area contributed by atoms with Gasteiger partial charge in [-0.05, 0) is 33.7 Å². The fourth-order valence-electron chi connectivity index (χ4n) is 2.39. The zero-order valence-electron chi connectivity index (χ0n) is 12.4. The molecule has 1 aliphatic rings. The highest BCUT2D eigenvalue weighted by Crippen LogP contribution is 2.21. The number of anilines is 2. The lowest BCUT2D eigenvalue weighted by atomic mass is 10.1. The van der Waals surface area contributed by atoms with Crippen molar-refractivity contribution in [2.45, 2.75) is 38.8 Å². The Balaban J connectivity index is 2.14. The van der Waals surface area contributed by atoms with Gasteiger partial charge in [0.05, 0.1) is 0 Å². The molecule has 1 N–H and O–H groups in total. The van der Waals surface area contributed by atoms with Gasteiger partial charge < -0.3 is 15.1 Å². The summed E-state index contributed by atoms with van der Waals surface area (Å²) in [5.41, 5.74) is 0. The molecular weight excluding hydrogens is 238 g/mol. The van der Waals surface area contributed by atoms with Crippen LogP contribution < -0.4 is 15.1 Å². The van der Waals surface area contributed by atoms with E-state index in [0.717, 1.165) is 24.7 Å².